The standard InChI is InChI=1S/C14H20O/c1-8-4-5-12-13(14(12,2)3)11-7-9(15)6-10(8)11/h6,8,11-13H,4-5,7H2,1-3H3/t8-,11-,12-,13+/m1/s1. The van der Waals surface area contributed by atoms with E-state index in [1.165, 1.54) is 18.4 Å². The first-order chi connectivity index (χ1) is 7.01. The molecule has 1 nitrogen and oxygen atoms in total. The van der Waals surface area contributed by atoms with E-state index in [0.29, 0.717) is 23.0 Å². The largest absolute Gasteiger partial charge is 0.295 e. The van der Waals surface area contributed by atoms with Crippen LogP contribution in [0.15, 0.2) is 11.6 Å². The predicted molar refractivity (Wildman–Crippen MR) is 60.4 cm³/mol. The Bertz CT molecular complexity index is 350. The zero-order valence-electron chi connectivity index (χ0n) is 9.92. The first kappa shape index (κ1) is 9.62. The Morgan fingerprint density at radius 3 is 2.80 bits per heavy atom. The second-order valence-electron chi connectivity index (χ2n) is 6.35. The third-order valence-electron chi connectivity index (χ3n) is 5.23. The fourth-order valence-electron chi connectivity index (χ4n) is 4.26. The lowest BCUT2D eigenvalue weighted by atomic mass is 9.84. The SMILES string of the molecule is C[C@@H]1CC[C@@H]2[C@H]([C@@H]3CC(=O)C=C13)C2(C)C. The molecule has 0 saturated heterocycles. The minimum Gasteiger partial charge on any atom is -0.295 e. The summed E-state index contributed by atoms with van der Waals surface area (Å²) in [6, 6.07) is 0. The lowest BCUT2D eigenvalue weighted by molar-refractivity contribution is -0.114. The molecule has 4 atom stereocenters. The van der Waals surface area contributed by atoms with Crippen molar-refractivity contribution in [3.63, 3.8) is 0 Å². The summed E-state index contributed by atoms with van der Waals surface area (Å²) in [5, 5.41) is 0. The van der Waals surface area contributed by atoms with E-state index in [-0.39, 0.29) is 0 Å². The number of hydrogen-bond acceptors (Lipinski definition) is 1. The summed E-state index contributed by atoms with van der Waals surface area (Å²) in [6.07, 6.45) is 5.44. The number of rotatable bonds is 0. The molecule has 0 radical (unpaired) electrons. The first-order valence-corrected chi connectivity index (χ1v) is 6.26. The van der Waals surface area contributed by atoms with Crippen molar-refractivity contribution in [1.82, 2.24) is 0 Å². The molecule has 0 aliphatic heterocycles. The van der Waals surface area contributed by atoms with Gasteiger partial charge in [-0.15, -0.1) is 0 Å². The van der Waals surface area contributed by atoms with Gasteiger partial charge >= 0.3 is 0 Å². The maximum atomic E-state index is 11.6. The summed E-state index contributed by atoms with van der Waals surface area (Å²) in [4.78, 5) is 11.6. The van der Waals surface area contributed by atoms with Crippen molar-refractivity contribution in [2.24, 2.45) is 29.1 Å². The predicted octanol–water partition coefficient (Wildman–Crippen LogP) is 3.20. The smallest absolute Gasteiger partial charge is 0.156 e. The lowest BCUT2D eigenvalue weighted by Gasteiger charge is -2.20. The second-order valence-corrected chi connectivity index (χ2v) is 6.35. The van der Waals surface area contributed by atoms with Gasteiger partial charge in [0.25, 0.3) is 0 Å². The van der Waals surface area contributed by atoms with Crippen molar-refractivity contribution < 1.29 is 4.79 Å². The van der Waals surface area contributed by atoms with Gasteiger partial charge in [0.05, 0.1) is 0 Å². The Balaban J connectivity index is 1.96. The summed E-state index contributed by atoms with van der Waals surface area (Å²) >= 11 is 0. The highest BCUT2D eigenvalue weighted by molar-refractivity contribution is 5.93. The Labute approximate surface area is 91.9 Å². The molecular formula is C14H20O. The van der Waals surface area contributed by atoms with Gasteiger partial charge in [0.2, 0.25) is 0 Å². The molecule has 3 rings (SSSR count). The number of fused-ring (bicyclic) bond motifs is 3. The van der Waals surface area contributed by atoms with E-state index in [1.807, 2.05) is 6.08 Å². The molecule has 3 aliphatic rings. The van der Waals surface area contributed by atoms with Crippen LogP contribution in [-0.4, -0.2) is 5.78 Å². The maximum absolute atomic E-state index is 11.6. The van der Waals surface area contributed by atoms with Crippen LogP contribution in [0.25, 0.3) is 0 Å². The molecule has 1 heteroatoms. The molecule has 82 valence electrons. The molecule has 0 amide bonds. The Hall–Kier alpha value is -0.590. The van der Waals surface area contributed by atoms with E-state index in [1.54, 1.807) is 0 Å². The molecular weight excluding hydrogens is 184 g/mol. The molecule has 0 unspecified atom stereocenters. The molecule has 0 aromatic rings. The number of ketones is 1. The molecule has 0 bridgehead atoms. The lowest BCUT2D eigenvalue weighted by Crippen LogP contribution is -2.12. The van der Waals surface area contributed by atoms with Crippen molar-refractivity contribution in [1.29, 1.82) is 0 Å². The highest BCUT2D eigenvalue weighted by Crippen LogP contribution is 2.68. The van der Waals surface area contributed by atoms with Crippen LogP contribution in [-0.2, 0) is 4.79 Å². The fourth-order valence-corrected chi connectivity index (χ4v) is 4.26. The number of hydrogen-bond donors (Lipinski definition) is 0. The number of carbonyl (C=O) groups is 1. The van der Waals surface area contributed by atoms with Crippen LogP contribution in [0.4, 0.5) is 0 Å². The van der Waals surface area contributed by atoms with Crippen LogP contribution < -0.4 is 0 Å². The van der Waals surface area contributed by atoms with Crippen molar-refractivity contribution in [3.05, 3.63) is 11.6 Å². The summed E-state index contributed by atoms with van der Waals surface area (Å²) in [5.74, 6) is 3.34. The van der Waals surface area contributed by atoms with Crippen LogP contribution >= 0.6 is 0 Å². The average molecular weight is 204 g/mol. The minimum absolute atomic E-state index is 0.380. The van der Waals surface area contributed by atoms with Crippen LogP contribution in [0.2, 0.25) is 0 Å². The second kappa shape index (κ2) is 2.75. The van der Waals surface area contributed by atoms with Gasteiger partial charge in [0.15, 0.2) is 5.78 Å². The molecule has 0 aromatic heterocycles. The van der Waals surface area contributed by atoms with Crippen molar-refractivity contribution >= 4 is 5.78 Å². The monoisotopic (exact) mass is 204 g/mol. The Morgan fingerprint density at radius 2 is 2.07 bits per heavy atom. The van der Waals surface area contributed by atoms with Gasteiger partial charge < -0.3 is 0 Å². The minimum atomic E-state index is 0.380. The van der Waals surface area contributed by atoms with Gasteiger partial charge in [0.1, 0.15) is 0 Å². The normalized spacial score (nSPS) is 46.6. The van der Waals surface area contributed by atoms with Gasteiger partial charge in [0, 0.05) is 6.42 Å². The van der Waals surface area contributed by atoms with E-state index in [4.69, 9.17) is 0 Å². The van der Waals surface area contributed by atoms with Gasteiger partial charge in [-0.25, -0.2) is 0 Å². The topological polar surface area (TPSA) is 17.1 Å². The van der Waals surface area contributed by atoms with E-state index < -0.39 is 0 Å². The molecule has 15 heavy (non-hydrogen) atoms. The van der Waals surface area contributed by atoms with Gasteiger partial charge in [-0.2, -0.15) is 0 Å². The van der Waals surface area contributed by atoms with Crippen LogP contribution in [0.3, 0.4) is 0 Å². The van der Waals surface area contributed by atoms with Crippen molar-refractivity contribution in [3.8, 4) is 0 Å². The van der Waals surface area contributed by atoms with Crippen molar-refractivity contribution in [2.45, 2.75) is 40.0 Å². The molecule has 2 saturated carbocycles. The first-order valence-electron chi connectivity index (χ1n) is 6.26. The average Bonchev–Trinajstić information content (AvgIpc) is 2.54. The summed E-state index contributed by atoms with van der Waals surface area (Å²) in [6.45, 7) is 7.08. The number of carbonyl (C=O) groups excluding carboxylic acids is 1. The zero-order chi connectivity index (χ0) is 10.8. The molecule has 0 aromatic carbocycles. The number of allylic oxidation sites excluding steroid dienone is 2. The van der Waals surface area contributed by atoms with Crippen molar-refractivity contribution in [2.75, 3.05) is 0 Å². The van der Waals surface area contributed by atoms with E-state index in [9.17, 15) is 4.79 Å². The summed E-state index contributed by atoms with van der Waals surface area (Å²) in [5.41, 5.74) is 1.99. The van der Waals surface area contributed by atoms with Crippen LogP contribution in [0.1, 0.15) is 40.0 Å². The maximum Gasteiger partial charge on any atom is 0.156 e. The van der Waals surface area contributed by atoms with E-state index in [0.717, 1.165) is 18.3 Å². The molecule has 0 spiro atoms. The third kappa shape index (κ3) is 1.18. The van der Waals surface area contributed by atoms with Crippen LogP contribution in [0, 0.1) is 29.1 Å². The van der Waals surface area contributed by atoms with Gasteiger partial charge in [-0.1, -0.05) is 26.3 Å². The third-order valence-corrected chi connectivity index (χ3v) is 5.23. The molecule has 2 fully saturated rings. The van der Waals surface area contributed by atoms with E-state index in [2.05, 4.69) is 20.8 Å². The molecule has 0 heterocycles. The molecule has 0 N–H and O–H groups in total. The summed E-state index contributed by atoms with van der Waals surface area (Å²) < 4.78 is 0. The van der Waals surface area contributed by atoms with Gasteiger partial charge in [-0.05, 0) is 48.0 Å². The fraction of sp³-hybridized carbons (Fsp3) is 0.786. The Morgan fingerprint density at radius 1 is 1.33 bits per heavy atom. The van der Waals surface area contributed by atoms with Gasteiger partial charge in [-0.3, -0.25) is 4.79 Å². The van der Waals surface area contributed by atoms with E-state index >= 15 is 0 Å². The summed E-state index contributed by atoms with van der Waals surface area (Å²) in [7, 11) is 0. The highest BCUT2D eigenvalue weighted by Gasteiger charge is 2.62. The quantitative estimate of drug-likeness (QED) is 0.592. The zero-order valence-corrected chi connectivity index (χ0v) is 9.92. The van der Waals surface area contributed by atoms with Crippen LogP contribution in [0.5, 0.6) is 0 Å². The molecule has 3 aliphatic carbocycles. The highest BCUT2D eigenvalue weighted by atomic mass is 16.1. The Kier molecular flexibility index (Phi) is 1.76.